The summed E-state index contributed by atoms with van der Waals surface area (Å²) in [5.74, 6) is 0.299. The van der Waals surface area contributed by atoms with E-state index in [1.54, 1.807) is 55.5 Å². The lowest BCUT2D eigenvalue weighted by Crippen LogP contribution is -2.40. The van der Waals surface area contributed by atoms with Crippen LogP contribution >= 0.6 is 0 Å². The van der Waals surface area contributed by atoms with Crippen molar-refractivity contribution in [3.63, 3.8) is 0 Å². The summed E-state index contributed by atoms with van der Waals surface area (Å²) in [6.45, 7) is 7.80. The number of nitrogens with one attached hydrogen (secondary N) is 1. The van der Waals surface area contributed by atoms with Gasteiger partial charge < -0.3 is 10.1 Å². The van der Waals surface area contributed by atoms with Gasteiger partial charge in [0.2, 0.25) is 0 Å². The number of amides is 3. The molecule has 1 fully saturated rings. The molecule has 0 bridgehead atoms. The van der Waals surface area contributed by atoms with Crippen molar-refractivity contribution in [1.82, 2.24) is 10.2 Å². The first-order valence-electron chi connectivity index (χ1n) is 8.85. The molecule has 0 spiro atoms. The van der Waals surface area contributed by atoms with Gasteiger partial charge in [0.1, 0.15) is 17.9 Å². The number of hydrogen-bond acceptors (Lipinski definition) is 4. The first-order chi connectivity index (χ1) is 13.3. The predicted octanol–water partition coefficient (Wildman–Crippen LogP) is 3.48. The van der Waals surface area contributed by atoms with E-state index in [1.165, 1.54) is 0 Å². The van der Waals surface area contributed by atoms with E-state index >= 15 is 0 Å². The highest BCUT2D eigenvalue weighted by Crippen LogP contribution is 2.31. The summed E-state index contributed by atoms with van der Waals surface area (Å²) in [5.41, 5.74) is 1.45. The summed E-state index contributed by atoms with van der Waals surface area (Å²) in [6.07, 6.45) is 0. The summed E-state index contributed by atoms with van der Waals surface area (Å²) in [5, 5.41) is 12.0. The van der Waals surface area contributed by atoms with Crippen molar-refractivity contribution in [2.75, 3.05) is 6.61 Å². The van der Waals surface area contributed by atoms with Crippen LogP contribution in [0.2, 0.25) is 0 Å². The van der Waals surface area contributed by atoms with E-state index in [2.05, 4.69) is 18.0 Å². The van der Waals surface area contributed by atoms with Crippen LogP contribution in [0.5, 0.6) is 5.75 Å². The largest absolute Gasteiger partial charge is 0.489 e. The second kappa shape index (κ2) is 7.57. The Morgan fingerprint density at radius 1 is 1.21 bits per heavy atom. The minimum Gasteiger partial charge on any atom is -0.489 e. The minimum atomic E-state index is -1.18. The number of nitrogens with zero attached hydrogens (tertiary/aromatic N) is 2. The molecule has 3 amide bonds. The smallest absolute Gasteiger partial charge is 0.325 e. The molecule has 1 aliphatic heterocycles. The lowest BCUT2D eigenvalue weighted by atomic mass is 9.92. The molecule has 0 saturated carbocycles. The highest BCUT2D eigenvalue weighted by atomic mass is 16.5. The van der Waals surface area contributed by atoms with Crippen LogP contribution in [0.4, 0.5) is 4.79 Å². The monoisotopic (exact) mass is 375 g/mol. The number of urea groups is 1. The topological polar surface area (TPSA) is 82.4 Å². The van der Waals surface area contributed by atoms with Crippen molar-refractivity contribution >= 4 is 11.9 Å². The van der Waals surface area contributed by atoms with Crippen LogP contribution in [0.25, 0.3) is 0 Å². The zero-order chi connectivity index (χ0) is 20.3. The van der Waals surface area contributed by atoms with Crippen LogP contribution in [0.3, 0.4) is 0 Å². The van der Waals surface area contributed by atoms with Gasteiger partial charge in [-0.25, -0.2) is 4.79 Å². The molecule has 142 valence electrons. The van der Waals surface area contributed by atoms with E-state index in [1.807, 2.05) is 6.92 Å². The summed E-state index contributed by atoms with van der Waals surface area (Å²) < 4.78 is 5.58. The Kier molecular flexibility index (Phi) is 5.18. The zero-order valence-electron chi connectivity index (χ0n) is 15.9. The summed E-state index contributed by atoms with van der Waals surface area (Å²) in [6, 6.07) is 15.6. The van der Waals surface area contributed by atoms with Crippen LogP contribution in [-0.4, -0.2) is 23.4 Å². The van der Waals surface area contributed by atoms with E-state index < -0.39 is 11.6 Å². The standard InChI is InChI=1S/C22H21N3O3/c1-15(2)14-28-19-10-8-18(9-11-19)22(3)20(26)25(21(27)24-22)13-17-7-5-4-6-16(17)12-23/h4-11H,1,13-14H2,2-3H3,(H,24,27). The summed E-state index contributed by atoms with van der Waals surface area (Å²) >= 11 is 0. The van der Waals surface area contributed by atoms with Gasteiger partial charge in [-0.2, -0.15) is 5.26 Å². The van der Waals surface area contributed by atoms with Crippen molar-refractivity contribution in [3.8, 4) is 11.8 Å². The highest BCUT2D eigenvalue weighted by molar-refractivity contribution is 6.07. The number of nitriles is 1. The van der Waals surface area contributed by atoms with Gasteiger partial charge in [0.25, 0.3) is 5.91 Å². The maximum Gasteiger partial charge on any atom is 0.325 e. The Morgan fingerprint density at radius 2 is 1.89 bits per heavy atom. The maximum atomic E-state index is 13.1. The Labute approximate surface area is 164 Å². The lowest BCUT2D eigenvalue weighted by Gasteiger charge is -2.22. The van der Waals surface area contributed by atoms with E-state index in [0.29, 0.717) is 29.0 Å². The molecule has 0 aromatic heterocycles. The van der Waals surface area contributed by atoms with Crippen LogP contribution in [0.1, 0.15) is 30.5 Å². The molecular weight excluding hydrogens is 354 g/mol. The molecule has 1 aliphatic rings. The molecule has 0 radical (unpaired) electrons. The minimum absolute atomic E-state index is 0.0454. The SMILES string of the molecule is C=C(C)COc1ccc(C2(C)NC(=O)N(Cc3ccccc3C#N)C2=O)cc1. The molecule has 1 saturated heterocycles. The number of benzene rings is 2. The van der Waals surface area contributed by atoms with Crippen LogP contribution in [0, 0.1) is 11.3 Å². The lowest BCUT2D eigenvalue weighted by molar-refractivity contribution is -0.131. The van der Waals surface area contributed by atoms with Crippen molar-refractivity contribution in [2.24, 2.45) is 0 Å². The Balaban J connectivity index is 1.81. The first kappa shape index (κ1) is 19.2. The fourth-order valence-electron chi connectivity index (χ4n) is 3.06. The van der Waals surface area contributed by atoms with Crippen molar-refractivity contribution in [2.45, 2.75) is 25.9 Å². The Hall–Kier alpha value is -3.59. The van der Waals surface area contributed by atoms with Gasteiger partial charge in [0, 0.05) is 0 Å². The second-order valence-corrected chi connectivity index (χ2v) is 6.99. The van der Waals surface area contributed by atoms with Crippen molar-refractivity contribution < 1.29 is 14.3 Å². The molecule has 1 N–H and O–H groups in total. The summed E-state index contributed by atoms with van der Waals surface area (Å²) in [4.78, 5) is 26.7. The van der Waals surface area contributed by atoms with Crippen LogP contribution in [-0.2, 0) is 16.9 Å². The van der Waals surface area contributed by atoms with Gasteiger partial charge in [-0.3, -0.25) is 9.69 Å². The number of carbonyl (C=O) groups excluding carboxylic acids is 2. The molecule has 1 unspecified atom stereocenters. The van der Waals surface area contributed by atoms with Gasteiger partial charge in [-0.15, -0.1) is 0 Å². The molecule has 28 heavy (non-hydrogen) atoms. The predicted molar refractivity (Wildman–Crippen MR) is 104 cm³/mol. The van der Waals surface area contributed by atoms with E-state index in [-0.39, 0.29) is 12.5 Å². The third-order valence-corrected chi connectivity index (χ3v) is 4.66. The number of imide groups is 1. The molecule has 1 atom stereocenters. The second-order valence-electron chi connectivity index (χ2n) is 6.99. The quantitative estimate of drug-likeness (QED) is 0.619. The van der Waals surface area contributed by atoms with Gasteiger partial charge in [0.05, 0.1) is 18.2 Å². The Morgan fingerprint density at radius 3 is 2.54 bits per heavy atom. The van der Waals surface area contributed by atoms with Gasteiger partial charge in [-0.05, 0) is 48.7 Å². The normalized spacial score (nSPS) is 18.5. The number of carbonyl (C=O) groups is 2. The molecule has 6 nitrogen and oxygen atoms in total. The number of hydrogen-bond donors (Lipinski definition) is 1. The average Bonchev–Trinajstić information content (AvgIpc) is 2.91. The Bertz CT molecular complexity index is 975. The van der Waals surface area contributed by atoms with Gasteiger partial charge >= 0.3 is 6.03 Å². The van der Waals surface area contributed by atoms with E-state index in [0.717, 1.165) is 10.5 Å². The third-order valence-electron chi connectivity index (χ3n) is 4.66. The van der Waals surface area contributed by atoms with Crippen LogP contribution < -0.4 is 10.1 Å². The van der Waals surface area contributed by atoms with Crippen molar-refractivity contribution in [3.05, 3.63) is 77.4 Å². The fourth-order valence-corrected chi connectivity index (χ4v) is 3.06. The van der Waals surface area contributed by atoms with Gasteiger partial charge in [0.15, 0.2) is 0 Å². The number of rotatable bonds is 6. The third kappa shape index (κ3) is 3.60. The summed E-state index contributed by atoms with van der Waals surface area (Å²) in [7, 11) is 0. The molecule has 2 aromatic rings. The highest BCUT2D eigenvalue weighted by Gasteiger charge is 2.49. The fraction of sp³-hybridized carbons (Fsp3) is 0.227. The molecule has 6 heteroatoms. The van der Waals surface area contributed by atoms with E-state index in [9.17, 15) is 14.9 Å². The first-order valence-corrected chi connectivity index (χ1v) is 8.85. The maximum absolute atomic E-state index is 13.1. The molecular formula is C22H21N3O3. The molecule has 0 aliphatic carbocycles. The van der Waals surface area contributed by atoms with Crippen LogP contribution in [0.15, 0.2) is 60.7 Å². The molecule has 3 rings (SSSR count). The van der Waals surface area contributed by atoms with Gasteiger partial charge in [-0.1, -0.05) is 36.9 Å². The zero-order valence-corrected chi connectivity index (χ0v) is 15.9. The van der Waals surface area contributed by atoms with Crippen molar-refractivity contribution in [1.29, 1.82) is 5.26 Å². The average molecular weight is 375 g/mol. The molecule has 2 aromatic carbocycles. The number of ether oxygens (including phenoxy) is 1. The van der Waals surface area contributed by atoms with E-state index in [4.69, 9.17) is 4.74 Å². The molecule has 1 heterocycles.